The minimum Gasteiger partial charge on any atom is -0.467 e. The van der Waals surface area contributed by atoms with Crippen molar-refractivity contribution >= 4 is 18.0 Å². The van der Waals surface area contributed by atoms with E-state index in [9.17, 15) is 9.59 Å². The molecular formula is C10H13N3O3. The highest BCUT2D eigenvalue weighted by Gasteiger charge is 2.04. The summed E-state index contributed by atoms with van der Waals surface area (Å²) in [5.74, 6) is 0.513. The summed E-state index contributed by atoms with van der Waals surface area (Å²) in [7, 11) is 0. The monoisotopic (exact) mass is 223 g/mol. The molecule has 6 heteroatoms. The molecule has 0 atom stereocenters. The highest BCUT2D eigenvalue weighted by molar-refractivity contribution is 5.99. The van der Waals surface area contributed by atoms with Gasteiger partial charge in [0.15, 0.2) is 0 Å². The van der Waals surface area contributed by atoms with Gasteiger partial charge in [-0.2, -0.15) is 5.10 Å². The Morgan fingerprint density at radius 1 is 1.62 bits per heavy atom. The molecule has 0 unspecified atom stereocenters. The van der Waals surface area contributed by atoms with Crippen LogP contribution in [-0.4, -0.2) is 18.0 Å². The van der Waals surface area contributed by atoms with Crippen LogP contribution in [0.15, 0.2) is 27.9 Å². The lowest BCUT2D eigenvalue weighted by Gasteiger charge is -2.02. The molecule has 86 valence electrons. The van der Waals surface area contributed by atoms with Gasteiger partial charge in [-0.25, -0.2) is 5.43 Å². The molecule has 0 aliphatic carbocycles. The van der Waals surface area contributed by atoms with Crippen LogP contribution in [-0.2, 0) is 16.1 Å². The topological polar surface area (TPSA) is 83.7 Å². The summed E-state index contributed by atoms with van der Waals surface area (Å²) < 4.78 is 5.05. The third kappa shape index (κ3) is 4.41. The van der Waals surface area contributed by atoms with E-state index < -0.39 is 0 Å². The normalized spacial score (nSPS) is 10.9. The van der Waals surface area contributed by atoms with Crippen LogP contribution in [0.5, 0.6) is 0 Å². The van der Waals surface area contributed by atoms with Crippen LogP contribution in [0.25, 0.3) is 0 Å². The molecule has 0 aliphatic heterocycles. The molecule has 0 radical (unpaired) electrons. The zero-order valence-corrected chi connectivity index (χ0v) is 8.90. The number of amides is 2. The van der Waals surface area contributed by atoms with Crippen molar-refractivity contribution in [1.82, 2.24) is 10.7 Å². The number of carbonyl (C=O) groups is 2. The Bertz CT molecular complexity index is 371. The molecule has 16 heavy (non-hydrogen) atoms. The third-order valence-corrected chi connectivity index (χ3v) is 1.76. The smallest absolute Gasteiger partial charge is 0.227 e. The molecule has 1 heterocycles. The summed E-state index contributed by atoms with van der Waals surface area (Å²) in [4.78, 5) is 21.3. The van der Waals surface area contributed by atoms with E-state index in [0.29, 0.717) is 24.4 Å². The number of hydrogen-bond donors (Lipinski definition) is 2. The summed E-state index contributed by atoms with van der Waals surface area (Å²) >= 11 is 0. The molecule has 0 aromatic carbocycles. The quantitative estimate of drug-likeness (QED) is 0.416. The Morgan fingerprint density at radius 3 is 3.06 bits per heavy atom. The van der Waals surface area contributed by atoms with Crippen molar-refractivity contribution in [2.75, 3.05) is 0 Å². The summed E-state index contributed by atoms with van der Waals surface area (Å²) in [5, 5.41) is 6.30. The first-order chi connectivity index (χ1) is 7.72. The van der Waals surface area contributed by atoms with Crippen molar-refractivity contribution in [2.24, 2.45) is 5.10 Å². The van der Waals surface area contributed by atoms with Gasteiger partial charge < -0.3 is 9.73 Å². The summed E-state index contributed by atoms with van der Waals surface area (Å²) in [5.41, 5.74) is 2.66. The lowest BCUT2D eigenvalue weighted by molar-refractivity contribution is -0.120. The Morgan fingerprint density at radius 2 is 2.44 bits per heavy atom. The maximum atomic E-state index is 11.4. The fraction of sp³-hybridized carbons (Fsp3) is 0.300. The number of carbonyl (C=O) groups excluding carboxylic acids is 2. The molecule has 0 saturated carbocycles. The lowest BCUT2D eigenvalue weighted by Crippen LogP contribution is -2.24. The van der Waals surface area contributed by atoms with Crippen LogP contribution in [0.3, 0.4) is 0 Å². The van der Waals surface area contributed by atoms with Gasteiger partial charge in [-0.1, -0.05) is 0 Å². The molecule has 2 amide bonds. The average Bonchev–Trinajstić information content (AvgIpc) is 2.76. The van der Waals surface area contributed by atoms with Gasteiger partial charge in [0, 0.05) is 5.71 Å². The summed E-state index contributed by atoms with van der Waals surface area (Å²) in [6, 6.07) is 3.53. The second kappa shape index (κ2) is 6.39. The van der Waals surface area contributed by atoms with E-state index in [1.807, 2.05) is 0 Å². The Balaban J connectivity index is 2.28. The van der Waals surface area contributed by atoms with Crippen LogP contribution < -0.4 is 10.7 Å². The van der Waals surface area contributed by atoms with Crippen LogP contribution in [0.2, 0.25) is 0 Å². The number of nitrogens with zero attached hydrogens (tertiary/aromatic N) is 1. The molecule has 1 aromatic heterocycles. The molecule has 2 N–H and O–H groups in total. The Hall–Kier alpha value is -2.11. The minimum absolute atomic E-state index is 0.140. The molecule has 1 aromatic rings. The summed E-state index contributed by atoms with van der Waals surface area (Å²) in [6.07, 6.45) is 2.13. The SMILES string of the molecule is CC(CC(=O)NCc1ccco1)=NNC=O. The number of nitrogens with one attached hydrogen (secondary N) is 2. The molecule has 0 saturated heterocycles. The molecule has 0 bridgehead atoms. The highest BCUT2D eigenvalue weighted by atomic mass is 16.3. The second-order valence-electron chi connectivity index (χ2n) is 3.13. The van der Waals surface area contributed by atoms with E-state index in [-0.39, 0.29) is 12.3 Å². The van der Waals surface area contributed by atoms with Crippen LogP contribution in [0.4, 0.5) is 0 Å². The van der Waals surface area contributed by atoms with E-state index in [1.165, 1.54) is 0 Å². The Kier molecular flexibility index (Phi) is 4.78. The van der Waals surface area contributed by atoms with Crippen LogP contribution >= 0.6 is 0 Å². The van der Waals surface area contributed by atoms with Gasteiger partial charge >= 0.3 is 0 Å². The van der Waals surface area contributed by atoms with Gasteiger partial charge in [0.1, 0.15) is 5.76 Å². The van der Waals surface area contributed by atoms with Gasteiger partial charge in [0.2, 0.25) is 12.3 Å². The van der Waals surface area contributed by atoms with Crippen LogP contribution in [0, 0.1) is 0 Å². The van der Waals surface area contributed by atoms with Crippen molar-refractivity contribution < 1.29 is 14.0 Å². The van der Waals surface area contributed by atoms with Crippen molar-refractivity contribution in [2.45, 2.75) is 19.9 Å². The van der Waals surface area contributed by atoms with Crippen LogP contribution in [0.1, 0.15) is 19.1 Å². The Labute approximate surface area is 92.7 Å². The molecular weight excluding hydrogens is 210 g/mol. The largest absolute Gasteiger partial charge is 0.467 e. The van der Waals surface area contributed by atoms with Gasteiger partial charge in [0.05, 0.1) is 19.2 Å². The zero-order valence-electron chi connectivity index (χ0n) is 8.90. The van der Waals surface area contributed by atoms with Gasteiger partial charge in [-0.3, -0.25) is 9.59 Å². The average molecular weight is 223 g/mol. The number of hydrogen-bond acceptors (Lipinski definition) is 4. The first kappa shape index (κ1) is 12.0. The van der Waals surface area contributed by atoms with Crippen molar-refractivity contribution in [3.05, 3.63) is 24.2 Å². The number of furan rings is 1. The maximum Gasteiger partial charge on any atom is 0.227 e. The molecule has 0 fully saturated rings. The van der Waals surface area contributed by atoms with E-state index in [2.05, 4.69) is 15.8 Å². The summed E-state index contributed by atoms with van der Waals surface area (Å²) in [6.45, 7) is 2.00. The predicted octanol–water partition coefficient (Wildman–Crippen LogP) is 0.408. The first-order valence-electron chi connectivity index (χ1n) is 4.74. The molecule has 6 nitrogen and oxygen atoms in total. The van der Waals surface area contributed by atoms with E-state index in [0.717, 1.165) is 0 Å². The second-order valence-corrected chi connectivity index (χ2v) is 3.13. The zero-order chi connectivity index (χ0) is 11.8. The fourth-order valence-corrected chi connectivity index (χ4v) is 1.07. The van der Waals surface area contributed by atoms with Crippen molar-refractivity contribution in [3.63, 3.8) is 0 Å². The molecule has 0 spiro atoms. The number of rotatable bonds is 6. The maximum absolute atomic E-state index is 11.4. The standard InChI is InChI=1S/C10H13N3O3/c1-8(13-12-7-14)5-10(15)11-6-9-3-2-4-16-9/h2-4,7H,5-6H2,1H3,(H,11,15)(H,12,14). The fourth-order valence-electron chi connectivity index (χ4n) is 1.07. The van der Waals surface area contributed by atoms with E-state index >= 15 is 0 Å². The molecule has 0 aliphatic rings. The number of hydrazone groups is 1. The van der Waals surface area contributed by atoms with Crippen molar-refractivity contribution in [1.29, 1.82) is 0 Å². The van der Waals surface area contributed by atoms with Crippen molar-refractivity contribution in [3.8, 4) is 0 Å². The van der Waals surface area contributed by atoms with Gasteiger partial charge in [0.25, 0.3) is 0 Å². The minimum atomic E-state index is -0.176. The van der Waals surface area contributed by atoms with Gasteiger partial charge in [-0.15, -0.1) is 0 Å². The third-order valence-electron chi connectivity index (χ3n) is 1.76. The van der Waals surface area contributed by atoms with E-state index in [4.69, 9.17) is 4.42 Å². The predicted molar refractivity (Wildman–Crippen MR) is 57.5 cm³/mol. The molecule has 1 rings (SSSR count). The van der Waals surface area contributed by atoms with Gasteiger partial charge in [-0.05, 0) is 19.1 Å². The first-order valence-corrected chi connectivity index (χ1v) is 4.74. The van der Waals surface area contributed by atoms with E-state index in [1.54, 1.807) is 25.3 Å². The highest BCUT2D eigenvalue weighted by Crippen LogP contribution is 1.98. The lowest BCUT2D eigenvalue weighted by atomic mass is 10.3.